The molecule has 1 aromatic carbocycles. The van der Waals surface area contributed by atoms with Gasteiger partial charge in [0.2, 0.25) is 0 Å². The SMILES string of the molecule is CN(c1ccncc1)c1cc(Cl)ccc1N. The molecule has 1 aromatic heterocycles. The molecule has 0 bridgehead atoms. The summed E-state index contributed by atoms with van der Waals surface area (Å²) in [4.78, 5) is 5.95. The molecule has 0 unspecified atom stereocenters. The fraction of sp³-hybridized carbons (Fsp3) is 0.0833. The molecular formula is C12H12ClN3. The highest BCUT2D eigenvalue weighted by Gasteiger charge is 2.07. The zero-order chi connectivity index (χ0) is 11.5. The van der Waals surface area contributed by atoms with Gasteiger partial charge in [0.05, 0.1) is 11.4 Å². The van der Waals surface area contributed by atoms with Crippen LogP contribution in [0.3, 0.4) is 0 Å². The molecule has 0 aliphatic rings. The van der Waals surface area contributed by atoms with Gasteiger partial charge in [-0.2, -0.15) is 0 Å². The van der Waals surface area contributed by atoms with E-state index in [0.29, 0.717) is 10.7 Å². The molecule has 0 atom stereocenters. The average molecular weight is 234 g/mol. The standard InChI is InChI=1S/C12H12ClN3/c1-16(10-4-6-15-7-5-10)12-8-9(13)2-3-11(12)14/h2-8H,14H2,1H3. The maximum absolute atomic E-state index is 5.95. The number of rotatable bonds is 2. The third-order valence-corrected chi connectivity index (χ3v) is 2.64. The zero-order valence-electron chi connectivity index (χ0n) is 8.89. The van der Waals surface area contributed by atoms with Gasteiger partial charge in [-0.05, 0) is 30.3 Å². The monoisotopic (exact) mass is 233 g/mol. The fourth-order valence-electron chi connectivity index (χ4n) is 1.51. The zero-order valence-corrected chi connectivity index (χ0v) is 9.65. The third kappa shape index (κ3) is 2.09. The number of hydrogen-bond acceptors (Lipinski definition) is 3. The van der Waals surface area contributed by atoms with E-state index in [1.54, 1.807) is 24.5 Å². The highest BCUT2D eigenvalue weighted by Crippen LogP contribution is 2.30. The number of halogens is 1. The molecule has 0 spiro atoms. The molecule has 2 rings (SSSR count). The van der Waals surface area contributed by atoms with Crippen LogP contribution in [-0.2, 0) is 0 Å². The number of nitrogen functional groups attached to an aromatic ring is 1. The Hall–Kier alpha value is -1.74. The van der Waals surface area contributed by atoms with Crippen molar-refractivity contribution in [1.82, 2.24) is 4.98 Å². The van der Waals surface area contributed by atoms with Crippen molar-refractivity contribution in [1.29, 1.82) is 0 Å². The molecule has 2 aromatic rings. The molecule has 0 fully saturated rings. The molecular weight excluding hydrogens is 222 g/mol. The van der Waals surface area contributed by atoms with E-state index in [2.05, 4.69) is 4.98 Å². The number of pyridine rings is 1. The quantitative estimate of drug-likeness (QED) is 0.811. The van der Waals surface area contributed by atoms with E-state index in [1.165, 1.54) is 0 Å². The first-order chi connectivity index (χ1) is 7.68. The largest absolute Gasteiger partial charge is 0.397 e. The van der Waals surface area contributed by atoms with Crippen LogP contribution in [0.25, 0.3) is 0 Å². The van der Waals surface area contributed by atoms with Crippen LogP contribution in [-0.4, -0.2) is 12.0 Å². The fourth-order valence-corrected chi connectivity index (χ4v) is 1.68. The number of aromatic nitrogens is 1. The average Bonchev–Trinajstić information content (AvgIpc) is 2.32. The first-order valence-corrected chi connectivity index (χ1v) is 5.25. The van der Waals surface area contributed by atoms with E-state index < -0.39 is 0 Å². The van der Waals surface area contributed by atoms with Crippen LogP contribution in [0.5, 0.6) is 0 Å². The molecule has 0 aliphatic heterocycles. The van der Waals surface area contributed by atoms with Gasteiger partial charge >= 0.3 is 0 Å². The van der Waals surface area contributed by atoms with Crippen LogP contribution in [0.4, 0.5) is 17.1 Å². The van der Waals surface area contributed by atoms with Crippen molar-refractivity contribution in [2.24, 2.45) is 0 Å². The van der Waals surface area contributed by atoms with Crippen LogP contribution in [0, 0.1) is 0 Å². The van der Waals surface area contributed by atoms with E-state index >= 15 is 0 Å². The van der Waals surface area contributed by atoms with E-state index in [4.69, 9.17) is 17.3 Å². The van der Waals surface area contributed by atoms with Crippen LogP contribution in [0.2, 0.25) is 5.02 Å². The Kier molecular flexibility index (Phi) is 2.97. The molecule has 16 heavy (non-hydrogen) atoms. The van der Waals surface area contributed by atoms with Gasteiger partial charge in [0.15, 0.2) is 0 Å². The van der Waals surface area contributed by atoms with Crippen molar-refractivity contribution in [3.63, 3.8) is 0 Å². The predicted molar refractivity (Wildman–Crippen MR) is 68.2 cm³/mol. The molecule has 4 heteroatoms. The number of nitrogens with zero attached hydrogens (tertiary/aromatic N) is 2. The molecule has 82 valence electrons. The lowest BCUT2D eigenvalue weighted by molar-refractivity contribution is 1.19. The first-order valence-electron chi connectivity index (χ1n) is 4.87. The second kappa shape index (κ2) is 4.41. The Morgan fingerprint density at radius 3 is 2.56 bits per heavy atom. The number of nitrogens with two attached hydrogens (primary N) is 1. The first kappa shape index (κ1) is 10.8. The Morgan fingerprint density at radius 2 is 1.88 bits per heavy atom. The van der Waals surface area contributed by atoms with Crippen molar-refractivity contribution in [2.75, 3.05) is 17.7 Å². The Labute approximate surface area is 99.5 Å². The van der Waals surface area contributed by atoms with Crippen LogP contribution < -0.4 is 10.6 Å². The lowest BCUT2D eigenvalue weighted by Crippen LogP contribution is -2.11. The van der Waals surface area contributed by atoms with E-state index in [0.717, 1.165) is 11.4 Å². The summed E-state index contributed by atoms with van der Waals surface area (Å²) >= 11 is 5.95. The topological polar surface area (TPSA) is 42.2 Å². The van der Waals surface area contributed by atoms with Crippen molar-refractivity contribution in [2.45, 2.75) is 0 Å². The molecule has 3 nitrogen and oxygen atoms in total. The van der Waals surface area contributed by atoms with E-state index in [-0.39, 0.29) is 0 Å². The van der Waals surface area contributed by atoms with Crippen LogP contribution in [0.1, 0.15) is 0 Å². The Bertz CT molecular complexity index is 485. The summed E-state index contributed by atoms with van der Waals surface area (Å²) in [5.41, 5.74) is 8.51. The lowest BCUT2D eigenvalue weighted by atomic mass is 10.2. The third-order valence-electron chi connectivity index (χ3n) is 2.40. The van der Waals surface area contributed by atoms with Crippen molar-refractivity contribution in [3.8, 4) is 0 Å². The minimum atomic E-state index is 0.671. The smallest absolute Gasteiger partial charge is 0.0656 e. The molecule has 0 saturated heterocycles. The van der Waals surface area contributed by atoms with Crippen LogP contribution in [0.15, 0.2) is 42.7 Å². The summed E-state index contributed by atoms with van der Waals surface area (Å²) in [6.45, 7) is 0. The minimum Gasteiger partial charge on any atom is -0.397 e. The van der Waals surface area contributed by atoms with Crippen molar-refractivity contribution in [3.05, 3.63) is 47.7 Å². The molecule has 0 radical (unpaired) electrons. The predicted octanol–water partition coefficient (Wildman–Crippen LogP) is 3.09. The lowest BCUT2D eigenvalue weighted by Gasteiger charge is -2.21. The molecule has 0 aliphatic carbocycles. The van der Waals surface area contributed by atoms with E-state index in [9.17, 15) is 0 Å². The summed E-state index contributed by atoms with van der Waals surface area (Å²) in [5.74, 6) is 0. The Balaban J connectivity index is 2.41. The summed E-state index contributed by atoms with van der Waals surface area (Å²) in [6.07, 6.45) is 3.49. The summed E-state index contributed by atoms with van der Waals surface area (Å²) < 4.78 is 0. The molecule has 0 amide bonds. The highest BCUT2D eigenvalue weighted by molar-refractivity contribution is 6.31. The summed E-state index contributed by atoms with van der Waals surface area (Å²) in [6, 6.07) is 9.26. The van der Waals surface area contributed by atoms with Gasteiger partial charge in [0.25, 0.3) is 0 Å². The van der Waals surface area contributed by atoms with Gasteiger partial charge in [-0.1, -0.05) is 11.6 Å². The second-order valence-corrected chi connectivity index (χ2v) is 3.90. The second-order valence-electron chi connectivity index (χ2n) is 3.47. The normalized spacial score (nSPS) is 10.1. The number of anilines is 3. The Morgan fingerprint density at radius 1 is 1.19 bits per heavy atom. The van der Waals surface area contributed by atoms with Gasteiger partial charge in [0.1, 0.15) is 0 Å². The van der Waals surface area contributed by atoms with Gasteiger partial charge in [-0.15, -0.1) is 0 Å². The van der Waals surface area contributed by atoms with Gasteiger partial charge in [-0.25, -0.2) is 0 Å². The highest BCUT2D eigenvalue weighted by atomic mass is 35.5. The molecule has 2 N–H and O–H groups in total. The summed E-state index contributed by atoms with van der Waals surface area (Å²) in [5, 5.41) is 0.671. The molecule has 1 heterocycles. The summed E-state index contributed by atoms with van der Waals surface area (Å²) in [7, 11) is 1.94. The van der Waals surface area contributed by atoms with Gasteiger partial charge in [-0.3, -0.25) is 4.98 Å². The van der Waals surface area contributed by atoms with Crippen molar-refractivity contribution >= 4 is 28.7 Å². The number of benzene rings is 1. The maximum atomic E-state index is 5.95. The van der Waals surface area contributed by atoms with E-state index in [1.807, 2.05) is 30.1 Å². The maximum Gasteiger partial charge on any atom is 0.0656 e. The van der Waals surface area contributed by atoms with Crippen LogP contribution >= 0.6 is 11.6 Å². The van der Waals surface area contributed by atoms with Gasteiger partial charge < -0.3 is 10.6 Å². The van der Waals surface area contributed by atoms with Gasteiger partial charge in [0, 0.05) is 30.2 Å². The number of hydrogen-bond donors (Lipinski definition) is 1. The molecule has 0 saturated carbocycles. The van der Waals surface area contributed by atoms with Crippen molar-refractivity contribution < 1.29 is 0 Å². The minimum absolute atomic E-state index is 0.671.